The zero-order chi connectivity index (χ0) is 22.0. The van der Waals surface area contributed by atoms with Crippen LogP contribution < -0.4 is 9.62 Å². The van der Waals surface area contributed by atoms with Gasteiger partial charge in [0.2, 0.25) is 0 Å². The number of sulfonamides is 1. The highest BCUT2D eigenvalue weighted by atomic mass is 32.2. The smallest absolute Gasteiger partial charge is 0.308 e. The van der Waals surface area contributed by atoms with Crippen LogP contribution in [-0.2, 0) is 30.8 Å². The van der Waals surface area contributed by atoms with Gasteiger partial charge in [0.15, 0.2) is 6.10 Å². The van der Waals surface area contributed by atoms with Gasteiger partial charge in [0.1, 0.15) is 5.84 Å². The van der Waals surface area contributed by atoms with Crippen LogP contribution in [0.1, 0.15) is 30.9 Å². The third-order valence-corrected chi connectivity index (χ3v) is 6.68. The number of anilines is 1. The van der Waals surface area contributed by atoms with Crippen LogP contribution in [0.3, 0.4) is 0 Å². The summed E-state index contributed by atoms with van der Waals surface area (Å²) < 4.78 is 31.9. The Kier molecular flexibility index (Phi) is 5.77. The molecule has 0 bridgehead atoms. The first kappa shape index (κ1) is 21.0. The lowest BCUT2D eigenvalue weighted by Crippen LogP contribution is -2.42. The Balaban J connectivity index is 1.35. The number of nitrogens with one attached hydrogen (secondary N) is 1. The first-order chi connectivity index (χ1) is 14.9. The van der Waals surface area contributed by atoms with E-state index in [0.717, 1.165) is 24.1 Å². The fraction of sp³-hybridized carbons (Fsp3) is 0.318. The lowest BCUT2D eigenvalue weighted by molar-refractivity contribution is -0.153. The summed E-state index contributed by atoms with van der Waals surface area (Å²) in [5, 5.41) is 0. The van der Waals surface area contributed by atoms with Crippen LogP contribution in [0.25, 0.3) is 0 Å². The topological polar surface area (TPSA) is 105 Å². The van der Waals surface area contributed by atoms with Gasteiger partial charge >= 0.3 is 5.97 Å². The van der Waals surface area contributed by atoms with Crippen LogP contribution in [0.4, 0.5) is 5.69 Å². The number of carbonyl (C=O) groups is 2. The number of hydrogen-bond acceptors (Lipinski definition) is 6. The molecule has 0 radical (unpaired) electrons. The van der Waals surface area contributed by atoms with Gasteiger partial charge in [-0.25, -0.2) is 8.42 Å². The number of aryl methyl sites for hydroxylation is 1. The van der Waals surface area contributed by atoms with E-state index >= 15 is 0 Å². The summed E-state index contributed by atoms with van der Waals surface area (Å²) in [5.41, 5.74) is 2.44. The second-order valence-electron chi connectivity index (χ2n) is 7.44. The number of aliphatic imine (C=N–C) groups is 1. The zero-order valence-electron chi connectivity index (χ0n) is 17.1. The van der Waals surface area contributed by atoms with E-state index in [1.54, 1.807) is 30.0 Å². The number of benzene rings is 2. The standard InChI is InChI=1S/C22H23N3O5S/c1-15(22(27)25-14-6-8-16-7-2-4-10-18(16)25)30-20(26)12-13-23-21-17-9-3-5-11-19(17)31(28,29)24-21/h2-5,7,9-11,15H,6,8,12-14H2,1H3,(H,23,24). The molecule has 2 aromatic rings. The molecule has 0 aromatic heterocycles. The van der Waals surface area contributed by atoms with E-state index in [0.29, 0.717) is 12.1 Å². The van der Waals surface area contributed by atoms with Gasteiger partial charge in [0.05, 0.1) is 17.9 Å². The van der Waals surface area contributed by atoms with Crippen LogP contribution in [0.2, 0.25) is 0 Å². The Hall–Kier alpha value is -3.20. The monoisotopic (exact) mass is 441 g/mol. The first-order valence-corrected chi connectivity index (χ1v) is 11.6. The maximum Gasteiger partial charge on any atom is 0.308 e. The maximum atomic E-state index is 12.8. The van der Waals surface area contributed by atoms with Crippen molar-refractivity contribution in [3.8, 4) is 0 Å². The fourth-order valence-corrected chi connectivity index (χ4v) is 5.05. The van der Waals surface area contributed by atoms with E-state index in [1.165, 1.54) is 6.07 Å². The van der Waals surface area contributed by atoms with Gasteiger partial charge in [0.25, 0.3) is 15.9 Å². The average Bonchev–Trinajstić information content (AvgIpc) is 3.03. The molecular formula is C22H23N3O5S. The Morgan fingerprint density at radius 1 is 1.16 bits per heavy atom. The number of amidine groups is 1. The molecule has 0 saturated heterocycles. The second-order valence-corrected chi connectivity index (χ2v) is 9.09. The third-order valence-electron chi connectivity index (χ3n) is 5.28. The Morgan fingerprint density at radius 3 is 2.74 bits per heavy atom. The summed E-state index contributed by atoms with van der Waals surface area (Å²) in [6.07, 6.45) is 0.790. The van der Waals surface area contributed by atoms with Crippen LogP contribution in [-0.4, -0.2) is 45.3 Å². The quantitative estimate of drug-likeness (QED) is 0.715. The SMILES string of the molecule is CC(OC(=O)CCN=C1NS(=O)(=O)c2ccccc21)C(=O)N1CCCc2ccccc21. The summed E-state index contributed by atoms with van der Waals surface area (Å²) in [5.74, 6) is -0.619. The Bertz CT molecular complexity index is 1160. The normalized spacial score (nSPS) is 18.6. The molecule has 162 valence electrons. The van der Waals surface area contributed by atoms with Crippen molar-refractivity contribution in [2.45, 2.75) is 37.2 Å². The summed E-state index contributed by atoms with van der Waals surface area (Å²) in [4.78, 5) is 31.1. The van der Waals surface area contributed by atoms with Crippen molar-refractivity contribution in [3.05, 3.63) is 59.7 Å². The van der Waals surface area contributed by atoms with Crippen molar-refractivity contribution in [1.29, 1.82) is 0 Å². The number of hydrogen-bond donors (Lipinski definition) is 1. The minimum atomic E-state index is -3.62. The average molecular weight is 442 g/mol. The highest BCUT2D eigenvalue weighted by Crippen LogP contribution is 2.27. The molecule has 1 N–H and O–H groups in total. The molecule has 2 heterocycles. The first-order valence-electron chi connectivity index (χ1n) is 10.1. The number of rotatable bonds is 5. The van der Waals surface area contributed by atoms with E-state index in [1.807, 2.05) is 24.3 Å². The van der Waals surface area contributed by atoms with Crippen LogP contribution in [0, 0.1) is 0 Å². The molecule has 0 aliphatic carbocycles. The number of esters is 1. The van der Waals surface area contributed by atoms with E-state index in [2.05, 4.69) is 9.71 Å². The van der Waals surface area contributed by atoms with Gasteiger partial charge in [-0.05, 0) is 43.5 Å². The molecule has 9 heteroatoms. The summed E-state index contributed by atoms with van der Waals surface area (Å²) in [7, 11) is -3.62. The van der Waals surface area contributed by atoms with E-state index < -0.39 is 22.1 Å². The molecule has 0 spiro atoms. The number of para-hydroxylation sites is 1. The molecule has 2 aliphatic heterocycles. The van der Waals surface area contributed by atoms with Crippen molar-refractivity contribution < 1.29 is 22.7 Å². The molecule has 1 unspecified atom stereocenters. The van der Waals surface area contributed by atoms with Gasteiger partial charge in [0, 0.05) is 17.8 Å². The van der Waals surface area contributed by atoms with Crippen molar-refractivity contribution >= 4 is 33.4 Å². The minimum Gasteiger partial charge on any atom is -0.452 e. The lowest BCUT2D eigenvalue weighted by Gasteiger charge is -2.31. The fourth-order valence-electron chi connectivity index (χ4n) is 3.80. The number of carbonyl (C=O) groups excluding carboxylic acids is 2. The maximum absolute atomic E-state index is 12.8. The minimum absolute atomic E-state index is 0.0402. The number of amides is 1. The van der Waals surface area contributed by atoms with Crippen molar-refractivity contribution in [2.75, 3.05) is 18.0 Å². The van der Waals surface area contributed by atoms with Gasteiger partial charge in [-0.3, -0.25) is 19.3 Å². The predicted molar refractivity (Wildman–Crippen MR) is 115 cm³/mol. The lowest BCUT2D eigenvalue weighted by atomic mass is 10.0. The summed E-state index contributed by atoms with van der Waals surface area (Å²) >= 11 is 0. The van der Waals surface area contributed by atoms with E-state index in [-0.39, 0.29) is 29.6 Å². The molecule has 2 aliphatic rings. The van der Waals surface area contributed by atoms with Crippen LogP contribution in [0.15, 0.2) is 58.4 Å². The summed E-state index contributed by atoms with van der Waals surface area (Å²) in [6.45, 7) is 2.19. The highest BCUT2D eigenvalue weighted by molar-refractivity contribution is 7.90. The second kappa shape index (κ2) is 8.50. The molecule has 0 saturated carbocycles. The Morgan fingerprint density at radius 2 is 1.90 bits per heavy atom. The molecule has 2 aromatic carbocycles. The van der Waals surface area contributed by atoms with Crippen molar-refractivity contribution in [3.63, 3.8) is 0 Å². The largest absolute Gasteiger partial charge is 0.452 e. The number of fused-ring (bicyclic) bond motifs is 2. The van der Waals surface area contributed by atoms with Gasteiger partial charge in [-0.2, -0.15) is 0 Å². The van der Waals surface area contributed by atoms with E-state index in [4.69, 9.17) is 4.74 Å². The molecule has 1 amide bonds. The summed E-state index contributed by atoms with van der Waals surface area (Å²) in [6, 6.07) is 14.2. The molecule has 8 nitrogen and oxygen atoms in total. The van der Waals surface area contributed by atoms with Gasteiger partial charge in [-0.15, -0.1) is 0 Å². The number of ether oxygens (including phenoxy) is 1. The molecular weight excluding hydrogens is 418 g/mol. The van der Waals surface area contributed by atoms with Crippen LogP contribution >= 0.6 is 0 Å². The van der Waals surface area contributed by atoms with E-state index in [9.17, 15) is 18.0 Å². The predicted octanol–water partition coefficient (Wildman–Crippen LogP) is 2.03. The number of nitrogens with zero attached hydrogens (tertiary/aromatic N) is 2. The van der Waals surface area contributed by atoms with Gasteiger partial charge in [-0.1, -0.05) is 30.3 Å². The molecule has 31 heavy (non-hydrogen) atoms. The Labute approximate surface area is 181 Å². The third kappa shape index (κ3) is 4.32. The molecule has 0 fully saturated rings. The molecule has 4 rings (SSSR count). The van der Waals surface area contributed by atoms with Gasteiger partial charge < -0.3 is 9.64 Å². The van der Waals surface area contributed by atoms with Crippen molar-refractivity contribution in [2.24, 2.45) is 4.99 Å². The zero-order valence-corrected chi connectivity index (χ0v) is 17.9. The molecule has 1 atom stereocenters. The highest BCUT2D eigenvalue weighted by Gasteiger charge is 2.30. The van der Waals surface area contributed by atoms with Crippen LogP contribution in [0.5, 0.6) is 0 Å². The van der Waals surface area contributed by atoms with Crippen molar-refractivity contribution in [1.82, 2.24) is 4.72 Å².